The highest BCUT2D eigenvalue weighted by molar-refractivity contribution is 6.31. The number of nitrogens with one attached hydrogen (secondary N) is 1. The van der Waals surface area contributed by atoms with Crippen molar-refractivity contribution in [2.45, 2.75) is 18.9 Å². The van der Waals surface area contributed by atoms with E-state index in [4.69, 9.17) is 16.3 Å². The average Bonchev–Trinajstić information content (AvgIpc) is 2.49. The molecule has 0 fully saturated rings. The fourth-order valence-electron chi connectivity index (χ4n) is 2.17. The number of hydrogen-bond donors (Lipinski definition) is 1. The smallest absolute Gasteiger partial charge is 0.212 e. The summed E-state index contributed by atoms with van der Waals surface area (Å²) >= 11 is 6.08. The van der Waals surface area contributed by atoms with Crippen LogP contribution in [0, 0.1) is 5.82 Å². The van der Waals surface area contributed by atoms with Gasteiger partial charge in [-0.15, -0.1) is 0 Å². The topological polar surface area (TPSA) is 34.1 Å². The molecular formula is C16H18ClFN2O. The molecule has 1 heterocycles. The summed E-state index contributed by atoms with van der Waals surface area (Å²) in [5.41, 5.74) is 2.03. The molecule has 0 aliphatic carbocycles. The highest BCUT2D eigenvalue weighted by atomic mass is 35.5. The molecule has 21 heavy (non-hydrogen) atoms. The second kappa shape index (κ2) is 7.38. The molecule has 1 N–H and O–H groups in total. The second-order valence-electron chi connectivity index (χ2n) is 4.84. The largest absolute Gasteiger partial charge is 0.481 e. The van der Waals surface area contributed by atoms with Gasteiger partial charge in [0, 0.05) is 23.3 Å². The lowest BCUT2D eigenvalue weighted by Crippen LogP contribution is -2.30. The average molecular weight is 309 g/mol. The van der Waals surface area contributed by atoms with Gasteiger partial charge in [-0.25, -0.2) is 9.37 Å². The molecule has 0 bridgehead atoms. The van der Waals surface area contributed by atoms with E-state index < -0.39 is 0 Å². The maximum atomic E-state index is 13.1. The third-order valence-electron chi connectivity index (χ3n) is 3.38. The number of hydrogen-bond acceptors (Lipinski definition) is 3. The molecule has 0 saturated heterocycles. The number of benzene rings is 1. The first-order valence-electron chi connectivity index (χ1n) is 6.72. The highest BCUT2D eigenvalue weighted by Crippen LogP contribution is 2.20. The van der Waals surface area contributed by atoms with Crippen LogP contribution in [0.5, 0.6) is 5.88 Å². The molecule has 1 unspecified atom stereocenters. The van der Waals surface area contributed by atoms with Crippen molar-refractivity contribution < 1.29 is 9.13 Å². The van der Waals surface area contributed by atoms with Crippen molar-refractivity contribution in [3.63, 3.8) is 0 Å². The van der Waals surface area contributed by atoms with Crippen molar-refractivity contribution >= 4 is 11.6 Å². The minimum absolute atomic E-state index is 0.197. The minimum Gasteiger partial charge on any atom is -0.481 e. The first kappa shape index (κ1) is 15.7. The van der Waals surface area contributed by atoms with Crippen LogP contribution in [0.25, 0.3) is 0 Å². The van der Waals surface area contributed by atoms with Gasteiger partial charge in [0.25, 0.3) is 0 Å². The molecular weight excluding hydrogens is 291 g/mol. The summed E-state index contributed by atoms with van der Waals surface area (Å²) in [5.74, 6) is 0.283. The van der Waals surface area contributed by atoms with Crippen LogP contribution in [0.15, 0.2) is 36.5 Å². The Morgan fingerprint density at radius 1 is 1.29 bits per heavy atom. The predicted octanol–water partition coefficient (Wildman–Crippen LogP) is 3.26. The number of likely N-dealkylation sites (N-methyl/N-ethyl adjacent to an activating group) is 1. The zero-order chi connectivity index (χ0) is 15.2. The van der Waals surface area contributed by atoms with Gasteiger partial charge in [-0.3, -0.25) is 0 Å². The Labute approximate surface area is 129 Å². The van der Waals surface area contributed by atoms with Gasteiger partial charge in [-0.05, 0) is 43.1 Å². The maximum Gasteiger partial charge on any atom is 0.212 e. The second-order valence-corrected chi connectivity index (χ2v) is 5.25. The van der Waals surface area contributed by atoms with E-state index >= 15 is 0 Å². The van der Waals surface area contributed by atoms with Gasteiger partial charge >= 0.3 is 0 Å². The van der Waals surface area contributed by atoms with Gasteiger partial charge in [0.1, 0.15) is 5.82 Å². The molecule has 1 atom stereocenters. The molecule has 0 spiro atoms. The Bertz CT molecular complexity index is 589. The number of halogens is 2. The molecule has 0 amide bonds. The van der Waals surface area contributed by atoms with Crippen molar-refractivity contribution in [2.24, 2.45) is 0 Å². The van der Waals surface area contributed by atoms with Gasteiger partial charge in [0.2, 0.25) is 5.88 Å². The molecule has 2 aromatic rings. The van der Waals surface area contributed by atoms with Crippen molar-refractivity contribution in [3.05, 3.63) is 58.5 Å². The summed E-state index contributed by atoms with van der Waals surface area (Å²) in [6, 6.07) is 8.54. The van der Waals surface area contributed by atoms with Crippen molar-refractivity contribution in [1.29, 1.82) is 0 Å². The molecule has 5 heteroatoms. The summed E-state index contributed by atoms with van der Waals surface area (Å²) in [4.78, 5) is 4.20. The van der Waals surface area contributed by atoms with E-state index in [1.807, 2.05) is 19.2 Å². The first-order chi connectivity index (χ1) is 10.1. The third kappa shape index (κ3) is 4.41. The van der Waals surface area contributed by atoms with Crippen LogP contribution >= 0.6 is 11.6 Å². The SMILES string of the molecule is CNC(Cc1ccc(OC)nc1)Cc1ccc(F)cc1Cl. The lowest BCUT2D eigenvalue weighted by Gasteiger charge is -2.17. The Morgan fingerprint density at radius 2 is 2.10 bits per heavy atom. The maximum absolute atomic E-state index is 13.1. The predicted molar refractivity (Wildman–Crippen MR) is 82.5 cm³/mol. The van der Waals surface area contributed by atoms with Gasteiger partial charge in [0.05, 0.1) is 7.11 Å². The van der Waals surface area contributed by atoms with Crippen molar-refractivity contribution in [2.75, 3.05) is 14.2 Å². The van der Waals surface area contributed by atoms with E-state index in [-0.39, 0.29) is 11.9 Å². The summed E-state index contributed by atoms with van der Waals surface area (Å²) in [7, 11) is 3.49. The monoisotopic (exact) mass is 308 g/mol. The Morgan fingerprint density at radius 3 is 2.67 bits per heavy atom. The van der Waals surface area contributed by atoms with E-state index in [9.17, 15) is 4.39 Å². The molecule has 3 nitrogen and oxygen atoms in total. The van der Waals surface area contributed by atoms with Gasteiger partial charge in [0.15, 0.2) is 0 Å². The molecule has 0 aliphatic heterocycles. The van der Waals surface area contributed by atoms with Crippen LogP contribution in [-0.4, -0.2) is 25.2 Å². The summed E-state index contributed by atoms with van der Waals surface area (Å²) in [6.07, 6.45) is 3.33. The molecule has 112 valence electrons. The van der Waals surface area contributed by atoms with Crippen LogP contribution in [0.2, 0.25) is 5.02 Å². The number of nitrogens with zero attached hydrogens (tertiary/aromatic N) is 1. The number of pyridine rings is 1. The standard InChI is InChI=1S/C16H18ClFN2O/c1-19-14(7-11-3-6-16(21-2)20-10-11)8-12-4-5-13(18)9-15(12)17/h3-6,9-10,14,19H,7-8H2,1-2H3. The van der Waals surface area contributed by atoms with E-state index in [2.05, 4.69) is 10.3 Å². The van der Waals surface area contributed by atoms with Crippen LogP contribution in [-0.2, 0) is 12.8 Å². The van der Waals surface area contributed by atoms with Crippen LogP contribution in [0.3, 0.4) is 0 Å². The molecule has 1 aromatic heterocycles. The number of aromatic nitrogens is 1. The van der Waals surface area contributed by atoms with E-state index in [0.717, 1.165) is 24.0 Å². The Balaban J connectivity index is 2.05. The van der Waals surface area contributed by atoms with E-state index in [1.165, 1.54) is 12.1 Å². The van der Waals surface area contributed by atoms with Gasteiger partial charge < -0.3 is 10.1 Å². The molecule has 2 rings (SSSR count). The fourth-order valence-corrected chi connectivity index (χ4v) is 2.41. The lowest BCUT2D eigenvalue weighted by molar-refractivity contribution is 0.397. The summed E-state index contributed by atoms with van der Waals surface area (Å²) in [5, 5.41) is 3.72. The number of ether oxygens (including phenoxy) is 1. The zero-order valence-corrected chi connectivity index (χ0v) is 12.8. The number of rotatable bonds is 6. The van der Waals surface area contributed by atoms with Crippen LogP contribution < -0.4 is 10.1 Å². The lowest BCUT2D eigenvalue weighted by atomic mass is 10.00. The number of methoxy groups -OCH3 is 1. The van der Waals surface area contributed by atoms with Gasteiger partial charge in [-0.1, -0.05) is 23.7 Å². The van der Waals surface area contributed by atoms with E-state index in [1.54, 1.807) is 19.4 Å². The quantitative estimate of drug-likeness (QED) is 0.889. The molecule has 1 aromatic carbocycles. The first-order valence-corrected chi connectivity index (χ1v) is 7.10. The van der Waals surface area contributed by atoms with E-state index in [0.29, 0.717) is 10.9 Å². The minimum atomic E-state index is -0.316. The zero-order valence-electron chi connectivity index (χ0n) is 12.1. The highest BCUT2D eigenvalue weighted by Gasteiger charge is 2.12. The van der Waals surface area contributed by atoms with Crippen molar-refractivity contribution in [1.82, 2.24) is 10.3 Å². The normalized spacial score (nSPS) is 12.2. The Kier molecular flexibility index (Phi) is 5.53. The van der Waals surface area contributed by atoms with Gasteiger partial charge in [-0.2, -0.15) is 0 Å². The Hall–Kier alpha value is -1.65. The fraction of sp³-hybridized carbons (Fsp3) is 0.312. The van der Waals surface area contributed by atoms with Crippen LogP contribution in [0.1, 0.15) is 11.1 Å². The molecule has 0 saturated carbocycles. The third-order valence-corrected chi connectivity index (χ3v) is 3.73. The van der Waals surface area contributed by atoms with Crippen LogP contribution in [0.4, 0.5) is 4.39 Å². The summed E-state index contributed by atoms with van der Waals surface area (Å²) < 4.78 is 18.1. The molecule has 0 radical (unpaired) electrons. The molecule has 0 aliphatic rings. The van der Waals surface area contributed by atoms with Crippen molar-refractivity contribution in [3.8, 4) is 5.88 Å². The summed E-state index contributed by atoms with van der Waals surface area (Å²) in [6.45, 7) is 0.